The molecule has 0 amide bonds. The number of hydrogen-bond donors (Lipinski definition) is 1. The molecule has 5 heteroatoms. The van der Waals surface area contributed by atoms with Crippen LogP contribution in [0.1, 0.15) is 12.0 Å². The van der Waals surface area contributed by atoms with Crippen LogP contribution in [0, 0.1) is 11.7 Å². The Hall–Kier alpha value is -1.20. The average Bonchev–Trinajstić information content (AvgIpc) is 2.77. The molecule has 0 aromatic heterocycles. The average molecular weight is 268 g/mol. The molecule has 1 heterocycles. The topological polar surface area (TPSA) is 38.5 Å². The van der Waals surface area contributed by atoms with Crippen LogP contribution in [0.4, 0.5) is 10.1 Å². The molecule has 2 rings (SSSR count). The van der Waals surface area contributed by atoms with Crippen molar-refractivity contribution >= 4 is 22.9 Å². The maximum atomic E-state index is 13.8. The zero-order valence-corrected chi connectivity index (χ0v) is 11.2. The predicted molar refractivity (Wildman–Crippen MR) is 74.5 cm³/mol. The van der Waals surface area contributed by atoms with Crippen molar-refractivity contribution in [3.8, 4) is 0 Å². The molecular formula is C13H17FN2OS. The number of nitrogens with zero attached hydrogens (tertiary/aromatic N) is 1. The Balaban J connectivity index is 2.11. The monoisotopic (exact) mass is 268 g/mol. The van der Waals surface area contributed by atoms with Gasteiger partial charge in [-0.2, -0.15) is 0 Å². The van der Waals surface area contributed by atoms with Crippen molar-refractivity contribution in [2.45, 2.75) is 6.42 Å². The van der Waals surface area contributed by atoms with E-state index in [1.807, 2.05) is 6.07 Å². The summed E-state index contributed by atoms with van der Waals surface area (Å²) < 4.78 is 18.9. The van der Waals surface area contributed by atoms with Gasteiger partial charge in [-0.1, -0.05) is 12.2 Å². The standard InChI is InChI=1S/C13H17FN2OS/c1-17-8-9-4-5-16(7-9)10-2-3-11(13(15)18)12(14)6-10/h2-3,6,9H,4-5,7-8H2,1H3,(H2,15,18). The van der Waals surface area contributed by atoms with Gasteiger partial charge in [0.25, 0.3) is 0 Å². The molecule has 1 aliphatic rings. The third-order valence-corrected chi connectivity index (χ3v) is 3.49. The van der Waals surface area contributed by atoms with Crippen LogP contribution in [0.2, 0.25) is 0 Å². The second-order valence-electron chi connectivity index (χ2n) is 4.58. The second-order valence-corrected chi connectivity index (χ2v) is 5.02. The van der Waals surface area contributed by atoms with Crippen LogP contribution < -0.4 is 10.6 Å². The molecule has 1 aromatic rings. The summed E-state index contributed by atoms with van der Waals surface area (Å²) >= 11 is 4.79. The molecule has 0 saturated carbocycles. The molecule has 1 unspecified atom stereocenters. The number of nitrogens with two attached hydrogens (primary N) is 1. The fourth-order valence-corrected chi connectivity index (χ4v) is 2.50. The second kappa shape index (κ2) is 5.63. The molecule has 1 fully saturated rings. The van der Waals surface area contributed by atoms with E-state index in [-0.39, 0.29) is 10.8 Å². The highest BCUT2D eigenvalue weighted by Crippen LogP contribution is 2.25. The Morgan fingerprint density at radius 2 is 2.39 bits per heavy atom. The van der Waals surface area contributed by atoms with Crippen LogP contribution in [-0.2, 0) is 4.74 Å². The van der Waals surface area contributed by atoms with Gasteiger partial charge in [0.05, 0.1) is 6.61 Å². The molecule has 2 N–H and O–H groups in total. The van der Waals surface area contributed by atoms with Crippen LogP contribution in [-0.4, -0.2) is 31.8 Å². The Morgan fingerprint density at radius 3 is 3.00 bits per heavy atom. The molecule has 0 aliphatic carbocycles. The maximum Gasteiger partial charge on any atom is 0.135 e. The van der Waals surface area contributed by atoms with E-state index in [1.165, 1.54) is 6.07 Å². The Kier molecular flexibility index (Phi) is 4.14. The van der Waals surface area contributed by atoms with Crippen LogP contribution in [0.25, 0.3) is 0 Å². The van der Waals surface area contributed by atoms with Crippen molar-refractivity contribution in [3.63, 3.8) is 0 Å². The lowest BCUT2D eigenvalue weighted by molar-refractivity contribution is 0.161. The summed E-state index contributed by atoms with van der Waals surface area (Å²) in [5.74, 6) is 0.170. The Bertz CT molecular complexity index is 453. The number of thiocarbonyl (C=S) groups is 1. The van der Waals surface area contributed by atoms with E-state index in [0.717, 1.165) is 31.8 Å². The number of halogens is 1. The summed E-state index contributed by atoms with van der Waals surface area (Å²) in [7, 11) is 1.71. The predicted octanol–water partition coefficient (Wildman–Crippen LogP) is 1.93. The fraction of sp³-hybridized carbons (Fsp3) is 0.462. The normalized spacial score (nSPS) is 19.2. The highest BCUT2D eigenvalue weighted by atomic mass is 32.1. The van der Waals surface area contributed by atoms with Crippen molar-refractivity contribution in [2.75, 3.05) is 31.7 Å². The van der Waals surface area contributed by atoms with E-state index in [9.17, 15) is 4.39 Å². The summed E-state index contributed by atoms with van der Waals surface area (Å²) in [4.78, 5) is 2.26. The number of ether oxygens (including phenoxy) is 1. The molecule has 1 aromatic carbocycles. The van der Waals surface area contributed by atoms with Crippen molar-refractivity contribution in [3.05, 3.63) is 29.6 Å². The number of hydrogen-bond acceptors (Lipinski definition) is 3. The lowest BCUT2D eigenvalue weighted by Gasteiger charge is -2.19. The smallest absolute Gasteiger partial charge is 0.135 e. The Labute approximate surface area is 112 Å². The number of anilines is 1. The van der Waals surface area contributed by atoms with E-state index in [0.29, 0.717) is 11.5 Å². The minimum Gasteiger partial charge on any atom is -0.389 e. The summed E-state index contributed by atoms with van der Waals surface area (Å²) in [5, 5.41) is 0. The molecule has 98 valence electrons. The molecule has 0 spiro atoms. The van der Waals surface area contributed by atoms with Crippen molar-refractivity contribution in [2.24, 2.45) is 11.7 Å². The van der Waals surface area contributed by atoms with E-state index in [1.54, 1.807) is 13.2 Å². The van der Waals surface area contributed by atoms with Gasteiger partial charge in [0, 0.05) is 37.4 Å². The largest absolute Gasteiger partial charge is 0.389 e. The highest BCUT2D eigenvalue weighted by Gasteiger charge is 2.23. The first kappa shape index (κ1) is 13.2. The minimum atomic E-state index is -0.352. The third-order valence-electron chi connectivity index (χ3n) is 3.27. The van der Waals surface area contributed by atoms with Gasteiger partial charge in [0.2, 0.25) is 0 Å². The van der Waals surface area contributed by atoms with Gasteiger partial charge in [0.1, 0.15) is 10.8 Å². The van der Waals surface area contributed by atoms with Gasteiger partial charge in [-0.05, 0) is 24.6 Å². The zero-order valence-electron chi connectivity index (χ0n) is 10.4. The first-order valence-corrected chi connectivity index (χ1v) is 6.36. The highest BCUT2D eigenvalue weighted by molar-refractivity contribution is 7.80. The van der Waals surface area contributed by atoms with Gasteiger partial charge in [-0.3, -0.25) is 0 Å². The minimum absolute atomic E-state index is 0.0951. The van der Waals surface area contributed by atoms with E-state index >= 15 is 0 Å². The van der Waals surface area contributed by atoms with Crippen LogP contribution in [0.15, 0.2) is 18.2 Å². The van der Waals surface area contributed by atoms with Crippen molar-refractivity contribution < 1.29 is 9.13 Å². The number of rotatable bonds is 4. The third kappa shape index (κ3) is 2.79. The quantitative estimate of drug-likeness (QED) is 0.847. The lowest BCUT2D eigenvalue weighted by Crippen LogP contribution is -2.21. The SMILES string of the molecule is COCC1CCN(c2ccc(C(N)=S)c(F)c2)C1. The molecule has 0 radical (unpaired) electrons. The van der Waals surface area contributed by atoms with Gasteiger partial charge >= 0.3 is 0 Å². The molecule has 0 bridgehead atoms. The van der Waals surface area contributed by atoms with Crippen LogP contribution >= 0.6 is 12.2 Å². The van der Waals surface area contributed by atoms with Crippen LogP contribution in [0.3, 0.4) is 0 Å². The molecule has 1 saturated heterocycles. The van der Waals surface area contributed by atoms with Crippen molar-refractivity contribution in [1.29, 1.82) is 0 Å². The van der Waals surface area contributed by atoms with E-state index < -0.39 is 0 Å². The summed E-state index contributed by atoms with van der Waals surface area (Å²) in [5.41, 5.74) is 6.63. The fourth-order valence-electron chi connectivity index (χ4n) is 2.34. The molecule has 18 heavy (non-hydrogen) atoms. The van der Waals surface area contributed by atoms with E-state index in [4.69, 9.17) is 22.7 Å². The number of methoxy groups -OCH3 is 1. The van der Waals surface area contributed by atoms with E-state index in [2.05, 4.69) is 4.90 Å². The first-order chi connectivity index (χ1) is 8.61. The van der Waals surface area contributed by atoms with Crippen molar-refractivity contribution in [1.82, 2.24) is 0 Å². The van der Waals surface area contributed by atoms with Crippen LogP contribution in [0.5, 0.6) is 0 Å². The molecule has 1 atom stereocenters. The van der Waals surface area contributed by atoms with Gasteiger partial charge in [-0.15, -0.1) is 0 Å². The number of benzene rings is 1. The molecule has 3 nitrogen and oxygen atoms in total. The van der Waals surface area contributed by atoms with Gasteiger partial charge in [0.15, 0.2) is 0 Å². The van der Waals surface area contributed by atoms with Gasteiger partial charge < -0.3 is 15.4 Å². The first-order valence-electron chi connectivity index (χ1n) is 5.95. The summed E-state index contributed by atoms with van der Waals surface area (Å²) in [6.07, 6.45) is 1.08. The zero-order chi connectivity index (χ0) is 13.1. The summed E-state index contributed by atoms with van der Waals surface area (Å²) in [6.45, 7) is 2.59. The van der Waals surface area contributed by atoms with Gasteiger partial charge in [-0.25, -0.2) is 4.39 Å². The molecule has 1 aliphatic heterocycles. The Morgan fingerprint density at radius 1 is 1.61 bits per heavy atom. The molecular weight excluding hydrogens is 251 g/mol. The lowest BCUT2D eigenvalue weighted by atomic mass is 10.1. The maximum absolute atomic E-state index is 13.8. The summed E-state index contributed by atoms with van der Waals surface area (Å²) in [6, 6.07) is 5.02.